The van der Waals surface area contributed by atoms with Crippen LogP contribution in [-0.4, -0.2) is 12.6 Å². The smallest absolute Gasteiger partial charge is 0.103 e. The lowest BCUT2D eigenvalue weighted by Crippen LogP contribution is -2.37. The van der Waals surface area contributed by atoms with E-state index in [-0.39, 0.29) is 0 Å². The summed E-state index contributed by atoms with van der Waals surface area (Å²) in [6.07, 6.45) is 3.74. The molecule has 0 aromatic heterocycles. The molecular weight excluding hydrogens is 264 g/mol. The summed E-state index contributed by atoms with van der Waals surface area (Å²) in [6, 6.07) is 8.81. The van der Waals surface area contributed by atoms with E-state index in [4.69, 9.17) is 0 Å². The lowest BCUT2D eigenvalue weighted by Gasteiger charge is -2.36. The third-order valence-corrected chi connectivity index (χ3v) is 3.88. The number of hydrogen-bond acceptors (Lipinski definition) is 2. The van der Waals surface area contributed by atoms with Crippen LogP contribution >= 0.6 is 15.9 Å². The maximum atomic E-state index is 9.21. The number of halogens is 1. The Morgan fingerprint density at radius 2 is 2.25 bits per heavy atom. The van der Waals surface area contributed by atoms with Gasteiger partial charge in [-0.15, -0.1) is 0 Å². The fourth-order valence-electron chi connectivity index (χ4n) is 2.32. The van der Waals surface area contributed by atoms with Crippen molar-refractivity contribution < 1.29 is 0 Å². The van der Waals surface area contributed by atoms with Crippen LogP contribution < -0.4 is 4.90 Å². The molecule has 16 heavy (non-hydrogen) atoms. The second-order valence-electron chi connectivity index (χ2n) is 4.28. The van der Waals surface area contributed by atoms with E-state index in [1.54, 1.807) is 0 Å². The van der Waals surface area contributed by atoms with Crippen LogP contribution in [0, 0.1) is 11.3 Å². The minimum Gasteiger partial charge on any atom is -0.368 e. The minimum absolute atomic E-state index is 0.537. The molecule has 2 nitrogen and oxygen atoms in total. The summed E-state index contributed by atoms with van der Waals surface area (Å²) in [4.78, 5) is 2.35. The first-order valence-corrected chi connectivity index (χ1v) is 6.48. The number of anilines is 1. The molecule has 1 saturated heterocycles. The quantitative estimate of drug-likeness (QED) is 0.783. The predicted octanol–water partition coefficient (Wildman–Crippen LogP) is 3.70. The largest absolute Gasteiger partial charge is 0.368 e. The molecule has 0 saturated carbocycles. The van der Waals surface area contributed by atoms with Gasteiger partial charge in [-0.25, -0.2) is 0 Å². The molecule has 0 bridgehead atoms. The first-order valence-electron chi connectivity index (χ1n) is 5.69. The maximum Gasteiger partial charge on any atom is 0.103 e. The van der Waals surface area contributed by atoms with Crippen molar-refractivity contribution in [1.82, 2.24) is 0 Å². The number of nitrogens with zero attached hydrogens (tertiary/aromatic N) is 2. The van der Waals surface area contributed by atoms with Gasteiger partial charge in [-0.3, -0.25) is 0 Å². The summed E-state index contributed by atoms with van der Waals surface area (Å²) in [5.41, 5.74) is 1.83. The zero-order valence-corrected chi connectivity index (χ0v) is 11.0. The molecule has 1 atom stereocenters. The van der Waals surface area contributed by atoms with Crippen LogP contribution in [0.1, 0.15) is 31.7 Å². The Balaban J connectivity index is 2.39. The molecule has 0 spiro atoms. The van der Waals surface area contributed by atoms with Gasteiger partial charge in [0.2, 0.25) is 0 Å². The van der Waals surface area contributed by atoms with Crippen LogP contribution in [0.15, 0.2) is 22.7 Å². The third kappa shape index (κ3) is 2.08. The Morgan fingerprint density at radius 1 is 1.44 bits per heavy atom. The summed E-state index contributed by atoms with van der Waals surface area (Å²) in [6.45, 7) is 3.30. The van der Waals surface area contributed by atoms with Crippen molar-refractivity contribution in [3.8, 4) is 6.07 Å². The number of piperidine rings is 1. The van der Waals surface area contributed by atoms with Gasteiger partial charge >= 0.3 is 0 Å². The average Bonchev–Trinajstić information content (AvgIpc) is 2.29. The molecule has 1 aromatic carbocycles. The monoisotopic (exact) mass is 278 g/mol. The SMILES string of the molecule is CC1CCCCN1c1cccc(Br)c1C#N. The Kier molecular flexibility index (Phi) is 3.50. The Bertz CT molecular complexity index is 422. The van der Waals surface area contributed by atoms with E-state index in [0.717, 1.165) is 22.3 Å². The molecule has 0 aliphatic carbocycles. The molecule has 0 N–H and O–H groups in total. The molecule has 1 heterocycles. The number of benzene rings is 1. The van der Waals surface area contributed by atoms with Crippen molar-refractivity contribution in [1.29, 1.82) is 5.26 Å². The third-order valence-electron chi connectivity index (χ3n) is 3.22. The van der Waals surface area contributed by atoms with Crippen molar-refractivity contribution in [2.75, 3.05) is 11.4 Å². The number of nitriles is 1. The zero-order chi connectivity index (χ0) is 11.5. The highest BCUT2D eigenvalue weighted by atomic mass is 79.9. The van der Waals surface area contributed by atoms with E-state index < -0.39 is 0 Å². The summed E-state index contributed by atoms with van der Waals surface area (Å²) in [5.74, 6) is 0. The standard InChI is InChI=1S/C13H15BrN2/c1-10-5-2-3-8-16(10)13-7-4-6-12(14)11(13)9-15/h4,6-7,10H,2-3,5,8H2,1H3. The molecule has 0 radical (unpaired) electrons. The van der Waals surface area contributed by atoms with Gasteiger partial charge in [0.1, 0.15) is 6.07 Å². The van der Waals surface area contributed by atoms with Crippen LogP contribution in [0.2, 0.25) is 0 Å². The molecule has 1 aromatic rings. The highest BCUT2D eigenvalue weighted by Crippen LogP contribution is 2.31. The average molecular weight is 279 g/mol. The van der Waals surface area contributed by atoms with E-state index in [2.05, 4.69) is 33.8 Å². The van der Waals surface area contributed by atoms with Gasteiger partial charge in [0.25, 0.3) is 0 Å². The van der Waals surface area contributed by atoms with Crippen molar-refractivity contribution in [3.63, 3.8) is 0 Å². The van der Waals surface area contributed by atoms with Gasteiger partial charge in [-0.05, 0) is 54.2 Å². The van der Waals surface area contributed by atoms with Crippen LogP contribution in [0.5, 0.6) is 0 Å². The van der Waals surface area contributed by atoms with Crippen LogP contribution in [0.25, 0.3) is 0 Å². The van der Waals surface area contributed by atoms with E-state index in [0.29, 0.717) is 6.04 Å². The topological polar surface area (TPSA) is 27.0 Å². The number of rotatable bonds is 1. The highest BCUT2D eigenvalue weighted by Gasteiger charge is 2.21. The molecule has 84 valence electrons. The summed E-state index contributed by atoms with van der Waals surface area (Å²) < 4.78 is 0.894. The second kappa shape index (κ2) is 4.88. The lowest BCUT2D eigenvalue weighted by molar-refractivity contribution is 0.484. The first-order chi connectivity index (χ1) is 7.74. The molecule has 0 amide bonds. The molecule has 1 unspecified atom stereocenters. The Hall–Kier alpha value is -1.01. The van der Waals surface area contributed by atoms with E-state index in [9.17, 15) is 5.26 Å². The molecule has 2 rings (SSSR count). The van der Waals surface area contributed by atoms with E-state index in [1.165, 1.54) is 19.3 Å². The predicted molar refractivity (Wildman–Crippen MR) is 69.5 cm³/mol. The summed E-state index contributed by atoms with van der Waals surface area (Å²) in [7, 11) is 0. The van der Waals surface area contributed by atoms with Crippen molar-refractivity contribution in [2.45, 2.75) is 32.2 Å². The highest BCUT2D eigenvalue weighted by molar-refractivity contribution is 9.10. The first kappa shape index (κ1) is 11.5. The van der Waals surface area contributed by atoms with Gasteiger partial charge in [-0.2, -0.15) is 5.26 Å². The van der Waals surface area contributed by atoms with Crippen molar-refractivity contribution in [3.05, 3.63) is 28.2 Å². The Morgan fingerprint density at radius 3 is 2.94 bits per heavy atom. The van der Waals surface area contributed by atoms with Gasteiger partial charge in [0.15, 0.2) is 0 Å². The van der Waals surface area contributed by atoms with Crippen LogP contribution in [0.3, 0.4) is 0 Å². The molecular formula is C13H15BrN2. The second-order valence-corrected chi connectivity index (χ2v) is 5.14. The fraction of sp³-hybridized carbons (Fsp3) is 0.462. The van der Waals surface area contributed by atoms with Crippen LogP contribution in [0.4, 0.5) is 5.69 Å². The molecule has 1 aliphatic heterocycles. The van der Waals surface area contributed by atoms with Gasteiger partial charge in [-0.1, -0.05) is 6.07 Å². The van der Waals surface area contributed by atoms with E-state index in [1.807, 2.05) is 18.2 Å². The van der Waals surface area contributed by atoms with Gasteiger partial charge in [0, 0.05) is 17.1 Å². The maximum absolute atomic E-state index is 9.21. The van der Waals surface area contributed by atoms with Crippen molar-refractivity contribution >= 4 is 21.6 Å². The zero-order valence-electron chi connectivity index (χ0n) is 9.41. The van der Waals surface area contributed by atoms with Gasteiger partial charge < -0.3 is 4.90 Å². The normalized spacial score (nSPS) is 20.6. The minimum atomic E-state index is 0.537. The van der Waals surface area contributed by atoms with Crippen LogP contribution in [-0.2, 0) is 0 Å². The summed E-state index contributed by atoms with van der Waals surface area (Å²) in [5, 5.41) is 9.21. The van der Waals surface area contributed by atoms with E-state index >= 15 is 0 Å². The number of hydrogen-bond donors (Lipinski definition) is 0. The molecule has 1 fully saturated rings. The van der Waals surface area contributed by atoms with Crippen molar-refractivity contribution in [2.24, 2.45) is 0 Å². The lowest BCUT2D eigenvalue weighted by atomic mass is 10.0. The fourth-order valence-corrected chi connectivity index (χ4v) is 2.76. The molecule has 1 aliphatic rings. The summed E-state index contributed by atoms with van der Waals surface area (Å²) >= 11 is 3.44. The molecule has 3 heteroatoms. The Labute approximate surface area is 105 Å². The van der Waals surface area contributed by atoms with Gasteiger partial charge in [0.05, 0.1) is 11.3 Å².